The highest BCUT2D eigenvalue weighted by atomic mass is 19.1. The molecule has 1 atom stereocenters. The Morgan fingerprint density at radius 1 is 1.47 bits per heavy atom. The van der Waals surface area contributed by atoms with Crippen LogP contribution in [-0.2, 0) is 6.54 Å². The molecule has 3 nitrogen and oxygen atoms in total. The summed E-state index contributed by atoms with van der Waals surface area (Å²) in [7, 11) is 1.94. The minimum Gasteiger partial charge on any atom is -0.478 e. The van der Waals surface area contributed by atoms with E-state index in [1.807, 2.05) is 7.05 Å². The van der Waals surface area contributed by atoms with Crippen LogP contribution in [0.3, 0.4) is 0 Å². The van der Waals surface area contributed by atoms with E-state index in [0.717, 1.165) is 12.5 Å². The lowest BCUT2D eigenvalue weighted by Gasteiger charge is -2.23. The van der Waals surface area contributed by atoms with Gasteiger partial charge in [-0.05, 0) is 44.2 Å². The SMILES string of the molecule is CCC(C)N(C)Cc1cc(F)cc(C(=O)O)c1. The number of halogens is 1. The molecular weight excluding hydrogens is 221 g/mol. The van der Waals surface area contributed by atoms with Crippen molar-refractivity contribution in [1.82, 2.24) is 4.90 Å². The van der Waals surface area contributed by atoms with Crippen molar-refractivity contribution in [1.29, 1.82) is 0 Å². The molecule has 4 heteroatoms. The average Bonchev–Trinajstić information content (AvgIpc) is 2.26. The van der Waals surface area contributed by atoms with Gasteiger partial charge in [-0.25, -0.2) is 9.18 Å². The van der Waals surface area contributed by atoms with Gasteiger partial charge in [-0.1, -0.05) is 6.92 Å². The summed E-state index contributed by atoms with van der Waals surface area (Å²) in [4.78, 5) is 12.9. The Hall–Kier alpha value is -1.42. The molecule has 94 valence electrons. The first-order chi connectivity index (χ1) is 7.93. The van der Waals surface area contributed by atoms with Gasteiger partial charge >= 0.3 is 5.97 Å². The monoisotopic (exact) mass is 239 g/mol. The lowest BCUT2D eigenvalue weighted by molar-refractivity contribution is 0.0696. The van der Waals surface area contributed by atoms with Crippen molar-refractivity contribution in [2.45, 2.75) is 32.9 Å². The van der Waals surface area contributed by atoms with Crippen LogP contribution in [0.15, 0.2) is 18.2 Å². The fourth-order valence-corrected chi connectivity index (χ4v) is 1.62. The number of hydrogen-bond acceptors (Lipinski definition) is 2. The molecule has 0 heterocycles. The first kappa shape index (κ1) is 13.6. The van der Waals surface area contributed by atoms with E-state index in [9.17, 15) is 9.18 Å². The summed E-state index contributed by atoms with van der Waals surface area (Å²) in [5, 5.41) is 8.84. The molecule has 1 rings (SSSR count). The van der Waals surface area contributed by atoms with Gasteiger partial charge in [0.25, 0.3) is 0 Å². The van der Waals surface area contributed by atoms with E-state index >= 15 is 0 Å². The fraction of sp³-hybridized carbons (Fsp3) is 0.462. The molecule has 1 aromatic rings. The Kier molecular flexibility index (Phi) is 4.63. The highest BCUT2D eigenvalue weighted by Gasteiger charge is 2.11. The van der Waals surface area contributed by atoms with Crippen LogP contribution in [0, 0.1) is 5.82 Å². The van der Waals surface area contributed by atoms with Crippen molar-refractivity contribution in [3.8, 4) is 0 Å². The summed E-state index contributed by atoms with van der Waals surface area (Å²) in [5.74, 6) is -1.60. The first-order valence-corrected chi connectivity index (χ1v) is 5.67. The number of carbonyl (C=O) groups is 1. The molecule has 0 aromatic heterocycles. The predicted octanol–water partition coefficient (Wildman–Crippen LogP) is 2.75. The normalized spacial score (nSPS) is 12.8. The van der Waals surface area contributed by atoms with Gasteiger partial charge in [0.1, 0.15) is 5.82 Å². The van der Waals surface area contributed by atoms with Crippen molar-refractivity contribution in [2.24, 2.45) is 0 Å². The van der Waals surface area contributed by atoms with E-state index in [1.54, 1.807) is 0 Å². The Morgan fingerprint density at radius 3 is 2.65 bits per heavy atom. The summed E-state index contributed by atoms with van der Waals surface area (Å²) in [6.07, 6.45) is 0.998. The van der Waals surface area contributed by atoms with Crippen LogP contribution >= 0.6 is 0 Å². The summed E-state index contributed by atoms with van der Waals surface area (Å²) in [6, 6.07) is 4.32. The third-order valence-electron chi connectivity index (χ3n) is 2.98. The number of nitrogens with zero attached hydrogens (tertiary/aromatic N) is 1. The highest BCUT2D eigenvalue weighted by Crippen LogP contribution is 2.13. The zero-order valence-corrected chi connectivity index (χ0v) is 10.4. The van der Waals surface area contributed by atoms with Crippen molar-refractivity contribution < 1.29 is 14.3 Å². The van der Waals surface area contributed by atoms with Gasteiger partial charge in [0.15, 0.2) is 0 Å². The van der Waals surface area contributed by atoms with Gasteiger partial charge < -0.3 is 5.11 Å². The molecule has 0 aliphatic rings. The topological polar surface area (TPSA) is 40.5 Å². The maximum Gasteiger partial charge on any atom is 0.335 e. The van der Waals surface area contributed by atoms with Gasteiger partial charge in [0, 0.05) is 12.6 Å². The molecule has 0 spiro atoms. The molecule has 17 heavy (non-hydrogen) atoms. The lowest BCUT2D eigenvalue weighted by atomic mass is 10.1. The molecule has 0 fully saturated rings. The summed E-state index contributed by atoms with van der Waals surface area (Å²) < 4.78 is 13.2. The zero-order valence-electron chi connectivity index (χ0n) is 10.4. The second-order valence-electron chi connectivity index (χ2n) is 4.33. The maximum absolute atomic E-state index is 13.2. The molecule has 0 aliphatic heterocycles. The third kappa shape index (κ3) is 3.82. The fourth-order valence-electron chi connectivity index (χ4n) is 1.62. The van der Waals surface area contributed by atoms with Gasteiger partial charge in [-0.2, -0.15) is 0 Å². The minimum absolute atomic E-state index is 0.00227. The van der Waals surface area contributed by atoms with Crippen molar-refractivity contribution in [3.05, 3.63) is 35.1 Å². The quantitative estimate of drug-likeness (QED) is 0.859. The second-order valence-corrected chi connectivity index (χ2v) is 4.33. The van der Waals surface area contributed by atoms with E-state index in [-0.39, 0.29) is 5.56 Å². The van der Waals surface area contributed by atoms with E-state index in [1.165, 1.54) is 12.1 Å². The van der Waals surface area contributed by atoms with Crippen LogP contribution in [0.2, 0.25) is 0 Å². The number of benzene rings is 1. The molecule has 0 saturated carbocycles. The molecular formula is C13H18FNO2. The highest BCUT2D eigenvalue weighted by molar-refractivity contribution is 5.87. The van der Waals surface area contributed by atoms with Crippen molar-refractivity contribution in [2.75, 3.05) is 7.05 Å². The Bertz CT molecular complexity index is 406. The number of carboxylic acids is 1. The third-order valence-corrected chi connectivity index (χ3v) is 2.98. The van der Waals surface area contributed by atoms with Gasteiger partial charge in [-0.3, -0.25) is 4.90 Å². The molecule has 0 radical (unpaired) electrons. The van der Waals surface area contributed by atoms with E-state index in [4.69, 9.17) is 5.11 Å². The molecule has 0 saturated heterocycles. The second kappa shape index (κ2) is 5.77. The molecule has 0 amide bonds. The Morgan fingerprint density at radius 2 is 2.12 bits per heavy atom. The largest absolute Gasteiger partial charge is 0.478 e. The van der Waals surface area contributed by atoms with Crippen LogP contribution in [0.4, 0.5) is 4.39 Å². The molecule has 0 bridgehead atoms. The first-order valence-electron chi connectivity index (χ1n) is 5.67. The summed E-state index contributed by atoms with van der Waals surface area (Å²) in [6.45, 7) is 4.71. The van der Waals surface area contributed by atoms with Crippen LogP contribution in [0.5, 0.6) is 0 Å². The predicted molar refractivity (Wildman–Crippen MR) is 64.6 cm³/mol. The van der Waals surface area contributed by atoms with E-state index < -0.39 is 11.8 Å². The summed E-state index contributed by atoms with van der Waals surface area (Å²) >= 11 is 0. The van der Waals surface area contributed by atoms with Crippen LogP contribution in [-0.4, -0.2) is 29.1 Å². The van der Waals surface area contributed by atoms with E-state index in [2.05, 4.69) is 18.7 Å². The van der Waals surface area contributed by atoms with Crippen LogP contribution in [0.1, 0.15) is 36.2 Å². The van der Waals surface area contributed by atoms with Crippen LogP contribution < -0.4 is 0 Å². The van der Waals surface area contributed by atoms with Crippen molar-refractivity contribution >= 4 is 5.97 Å². The van der Waals surface area contributed by atoms with Gasteiger partial charge in [-0.15, -0.1) is 0 Å². The number of hydrogen-bond donors (Lipinski definition) is 1. The molecule has 0 aliphatic carbocycles. The molecule has 1 unspecified atom stereocenters. The van der Waals surface area contributed by atoms with E-state index in [0.29, 0.717) is 18.2 Å². The molecule has 1 aromatic carbocycles. The number of aromatic carboxylic acids is 1. The standard InChI is InChI=1S/C13H18FNO2/c1-4-9(2)15(3)8-10-5-11(13(16)17)7-12(14)6-10/h5-7,9H,4,8H2,1-3H3,(H,16,17). The number of carboxylic acid groups (broad SMARTS) is 1. The minimum atomic E-state index is -1.10. The van der Waals surface area contributed by atoms with Gasteiger partial charge in [0.05, 0.1) is 5.56 Å². The van der Waals surface area contributed by atoms with Gasteiger partial charge in [0.2, 0.25) is 0 Å². The van der Waals surface area contributed by atoms with Crippen molar-refractivity contribution in [3.63, 3.8) is 0 Å². The Balaban J connectivity index is 2.87. The summed E-state index contributed by atoms with van der Waals surface area (Å²) in [5.41, 5.74) is 0.683. The maximum atomic E-state index is 13.2. The van der Waals surface area contributed by atoms with Crippen LogP contribution in [0.25, 0.3) is 0 Å². The smallest absolute Gasteiger partial charge is 0.335 e. The number of rotatable bonds is 5. The zero-order chi connectivity index (χ0) is 13.0. The Labute approximate surface area is 101 Å². The molecule has 1 N–H and O–H groups in total. The lowest BCUT2D eigenvalue weighted by Crippen LogP contribution is -2.27. The average molecular weight is 239 g/mol.